The number of nitrogens with one attached hydrogen (secondary N) is 1. The van der Waals surface area contributed by atoms with Crippen LogP contribution in [0.15, 0.2) is 4.99 Å². The summed E-state index contributed by atoms with van der Waals surface area (Å²) < 4.78 is 5.57. The fourth-order valence-corrected chi connectivity index (χ4v) is 2.65. The minimum Gasteiger partial charge on any atom is -0.378 e. The van der Waals surface area contributed by atoms with Crippen molar-refractivity contribution < 1.29 is 4.74 Å². The molecule has 0 amide bonds. The third kappa shape index (κ3) is 3.87. The van der Waals surface area contributed by atoms with Crippen LogP contribution in [-0.2, 0) is 4.74 Å². The van der Waals surface area contributed by atoms with Gasteiger partial charge in [0.25, 0.3) is 0 Å². The first-order chi connectivity index (χ1) is 8.25. The van der Waals surface area contributed by atoms with Gasteiger partial charge >= 0.3 is 0 Å². The second-order valence-electron chi connectivity index (χ2n) is 5.27. The van der Waals surface area contributed by atoms with Crippen molar-refractivity contribution in [1.29, 1.82) is 0 Å². The van der Waals surface area contributed by atoms with Crippen LogP contribution in [0.5, 0.6) is 0 Å². The van der Waals surface area contributed by atoms with Crippen molar-refractivity contribution in [2.24, 2.45) is 10.9 Å². The van der Waals surface area contributed by atoms with Crippen LogP contribution >= 0.6 is 0 Å². The summed E-state index contributed by atoms with van der Waals surface area (Å²) in [6.45, 7) is 6.26. The SMILES string of the molecule is CC1CC(CCNC2=NCCCN2C)CCO1. The lowest BCUT2D eigenvalue weighted by Gasteiger charge is -2.29. The molecule has 0 aromatic heterocycles. The minimum absolute atomic E-state index is 0.448. The van der Waals surface area contributed by atoms with Crippen molar-refractivity contribution in [2.45, 2.75) is 38.7 Å². The lowest BCUT2D eigenvalue weighted by Crippen LogP contribution is -2.43. The molecule has 1 saturated heterocycles. The van der Waals surface area contributed by atoms with E-state index in [4.69, 9.17) is 4.74 Å². The number of hydrogen-bond donors (Lipinski definition) is 1. The Morgan fingerprint density at radius 1 is 1.53 bits per heavy atom. The van der Waals surface area contributed by atoms with Crippen molar-refractivity contribution in [3.05, 3.63) is 0 Å². The second kappa shape index (κ2) is 6.24. The lowest BCUT2D eigenvalue weighted by molar-refractivity contribution is 0.00120. The van der Waals surface area contributed by atoms with E-state index in [1.165, 1.54) is 25.7 Å². The Morgan fingerprint density at radius 3 is 3.18 bits per heavy atom. The summed E-state index contributed by atoms with van der Waals surface area (Å²) in [4.78, 5) is 6.73. The Balaban J connectivity index is 1.66. The molecule has 0 aromatic carbocycles. The van der Waals surface area contributed by atoms with Gasteiger partial charge in [0, 0.05) is 33.3 Å². The molecular weight excluding hydrogens is 214 g/mol. The Bertz CT molecular complexity index is 267. The summed E-state index contributed by atoms with van der Waals surface area (Å²) in [6, 6.07) is 0. The van der Waals surface area contributed by atoms with Gasteiger partial charge in [-0.15, -0.1) is 0 Å². The van der Waals surface area contributed by atoms with E-state index in [1.807, 2.05) is 0 Å². The third-order valence-corrected chi connectivity index (χ3v) is 3.70. The predicted molar refractivity (Wildman–Crippen MR) is 70.3 cm³/mol. The van der Waals surface area contributed by atoms with Gasteiger partial charge in [0.1, 0.15) is 0 Å². The van der Waals surface area contributed by atoms with Crippen molar-refractivity contribution in [3.8, 4) is 0 Å². The molecule has 1 fully saturated rings. The van der Waals surface area contributed by atoms with E-state index in [0.29, 0.717) is 6.10 Å². The number of nitrogens with zero attached hydrogens (tertiary/aromatic N) is 2. The molecule has 0 radical (unpaired) electrons. The molecule has 2 unspecified atom stereocenters. The number of hydrogen-bond acceptors (Lipinski definition) is 4. The van der Waals surface area contributed by atoms with Crippen molar-refractivity contribution in [1.82, 2.24) is 10.2 Å². The molecule has 4 heteroatoms. The first-order valence-corrected chi connectivity index (χ1v) is 6.87. The largest absolute Gasteiger partial charge is 0.378 e. The highest BCUT2D eigenvalue weighted by molar-refractivity contribution is 5.80. The maximum atomic E-state index is 5.57. The average molecular weight is 239 g/mol. The molecule has 2 atom stereocenters. The Labute approximate surface area is 104 Å². The fourth-order valence-electron chi connectivity index (χ4n) is 2.65. The van der Waals surface area contributed by atoms with E-state index in [-0.39, 0.29) is 0 Å². The molecule has 2 rings (SSSR count). The number of rotatable bonds is 3. The summed E-state index contributed by atoms with van der Waals surface area (Å²) in [5.41, 5.74) is 0. The van der Waals surface area contributed by atoms with Crippen LogP contribution in [0.4, 0.5) is 0 Å². The summed E-state index contributed by atoms with van der Waals surface area (Å²) in [6.07, 6.45) is 5.29. The molecule has 98 valence electrons. The Hall–Kier alpha value is -0.770. The van der Waals surface area contributed by atoms with Gasteiger partial charge in [0.05, 0.1) is 6.10 Å². The van der Waals surface area contributed by atoms with Gasteiger partial charge in [-0.2, -0.15) is 0 Å². The third-order valence-electron chi connectivity index (χ3n) is 3.70. The normalized spacial score (nSPS) is 30.0. The monoisotopic (exact) mass is 239 g/mol. The van der Waals surface area contributed by atoms with Crippen LogP contribution in [0.25, 0.3) is 0 Å². The quantitative estimate of drug-likeness (QED) is 0.810. The minimum atomic E-state index is 0.448. The maximum Gasteiger partial charge on any atom is 0.193 e. The molecule has 4 nitrogen and oxygen atoms in total. The lowest BCUT2D eigenvalue weighted by atomic mass is 9.93. The average Bonchev–Trinajstić information content (AvgIpc) is 2.32. The molecule has 0 aromatic rings. The fraction of sp³-hybridized carbons (Fsp3) is 0.923. The van der Waals surface area contributed by atoms with E-state index < -0.39 is 0 Å². The predicted octanol–water partition coefficient (Wildman–Crippen LogP) is 1.47. The van der Waals surface area contributed by atoms with Gasteiger partial charge in [-0.25, -0.2) is 0 Å². The highest BCUT2D eigenvalue weighted by atomic mass is 16.5. The van der Waals surface area contributed by atoms with E-state index in [2.05, 4.69) is 29.2 Å². The molecule has 2 aliphatic rings. The van der Waals surface area contributed by atoms with Crippen LogP contribution in [0.2, 0.25) is 0 Å². The molecule has 17 heavy (non-hydrogen) atoms. The Morgan fingerprint density at radius 2 is 2.41 bits per heavy atom. The highest BCUT2D eigenvalue weighted by Crippen LogP contribution is 2.22. The summed E-state index contributed by atoms with van der Waals surface area (Å²) >= 11 is 0. The molecule has 0 bridgehead atoms. The summed E-state index contributed by atoms with van der Waals surface area (Å²) in [5, 5.41) is 3.47. The standard InChI is InChI=1S/C13H25N3O/c1-11-10-12(5-9-17-11)4-7-15-13-14-6-3-8-16(13)2/h11-12H,3-10H2,1-2H3,(H,14,15). The summed E-state index contributed by atoms with van der Waals surface area (Å²) in [5.74, 6) is 1.90. The molecule has 0 spiro atoms. The molecular formula is C13H25N3O. The van der Waals surface area contributed by atoms with Crippen molar-refractivity contribution >= 4 is 5.96 Å². The first-order valence-electron chi connectivity index (χ1n) is 6.87. The molecule has 2 aliphatic heterocycles. The van der Waals surface area contributed by atoms with Crippen LogP contribution in [-0.4, -0.2) is 50.3 Å². The molecule has 2 heterocycles. The van der Waals surface area contributed by atoms with Gasteiger partial charge in [-0.1, -0.05) is 0 Å². The Kier molecular flexibility index (Phi) is 4.66. The van der Waals surface area contributed by atoms with Crippen LogP contribution in [0, 0.1) is 5.92 Å². The number of guanidine groups is 1. The zero-order chi connectivity index (χ0) is 12.1. The number of ether oxygens (including phenoxy) is 1. The van der Waals surface area contributed by atoms with E-state index >= 15 is 0 Å². The summed E-state index contributed by atoms with van der Waals surface area (Å²) in [7, 11) is 2.11. The van der Waals surface area contributed by atoms with E-state index in [9.17, 15) is 0 Å². The van der Waals surface area contributed by atoms with E-state index in [0.717, 1.165) is 38.1 Å². The zero-order valence-electron chi connectivity index (χ0n) is 11.1. The number of aliphatic imine (C=N–C) groups is 1. The van der Waals surface area contributed by atoms with Gasteiger partial charge in [0.15, 0.2) is 5.96 Å². The second-order valence-corrected chi connectivity index (χ2v) is 5.27. The maximum absolute atomic E-state index is 5.57. The highest BCUT2D eigenvalue weighted by Gasteiger charge is 2.19. The zero-order valence-corrected chi connectivity index (χ0v) is 11.1. The van der Waals surface area contributed by atoms with Gasteiger partial charge in [-0.3, -0.25) is 4.99 Å². The van der Waals surface area contributed by atoms with Crippen LogP contribution < -0.4 is 5.32 Å². The van der Waals surface area contributed by atoms with Crippen molar-refractivity contribution in [3.63, 3.8) is 0 Å². The topological polar surface area (TPSA) is 36.9 Å². The van der Waals surface area contributed by atoms with Crippen molar-refractivity contribution in [2.75, 3.05) is 33.3 Å². The molecule has 0 saturated carbocycles. The molecule has 0 aliphatic carbocycles. The van der Waals surface area contributed by atoms with Gasteiger partial charge in [-0.05, 0) is 38.5 Å². The van der Waals surface area contributed by atoms with E-state index in [1.54, 1.807) is 0 Å². The smallest absolute Gasteiger partial charge is 0.193 e. The first kappa shape index (κ1) is 12.7. The molecule has 1 N–H and O–H groups in total. The van der Waals surface area contributed by atoms with Crippen LogP contribution in [0.1, 0.15) is 32.6 Å². The van der Waals surface area contributed by atoms with Gasteiger partial charge < -0.3 is 15.0 Å². The van der Waals surface area contributed by atoms with Gasteiger partial charge in [0.2, 0.25) is 0 Å². The van der Waals surface area contributed by atoms with Crippen LogP contribution in [0.3, 0.4) is 0 Å².